The van der Waals surface area contributed by atoms with E-state index in [1.165, 1.54) is 23.5 Å². The zero-order chi connectivity index (χ0) is 12.4. The smallest absolute Gasteiger partial charge is 0.126 e. The number of rotatable bonds is 3. The summed E-state index contributed by atoms with van der Waals surface area (Å²) in [5.74, 6) is -0.332. The van der Waals surface area contributed by atoms with E-state index in [2.05, 4.69) is 0 Å². The fraction of sp³-hybridized carbons (Fsp3) is 0.231. The third kappa shape index (κ3) is 3.06. The second-order valence-electron chi connectivity index (χ2n) is 3.90. The molecular formula is C13H12ClFOS. The van der Waals surface area contributed by atoms with Crippen LogP contribution in [0, 0.1) is 12.7 Å². The lowest BCUT2D eigenvalue weighted by molar-refractivity contribution is 0.181. The van der Waals surface area contributed by atoms with Crippen molar-refractivity contribution < 1.29 is 9.50 Å². The highest BCUT2D eigenvalue weighted by molar-refractivity contribution is 7.12. The SMILES string of the molecule is Cc1ccc(C(O)Cc2cc(Cl)ccc2F)s1. The Labute approximate surface area is 108 Å². The summed E-state index contributed by atoms with van der Waals surface area (Å²) in [4.78, 5) is 1.98. The Morgan fingerprint density at radius 1 is 1.35 bits per heavy atom. The molecular weight excluding hydrogens is 259 g/mol. The van der Waals surface area contributed by atoms with E-state index in [1.54, 1.807) is 6.07 Å². The zero-order valence-corrected chi connectivity index (χ0v) is 10.9. The van der Waals surface area contributed by atoms with Crippen molar-refractivity contribution in [2.75, 3.05) is 0 Å². The van der Waals surface area contributed by atoms with E-state index in [9.17, 15) is 9.50 Å². The minimum absolute atomic E-state index is 0.242. The van der Waals surface area contributed by atoms with Gasteiger partial charge in [-0.05, 0) is 42.8 Å². The van der Waals surface area contributed by atoms with Crippen LogP contribution < -0.4 is 0 Å². The maximum Gasteiger partial charge on any atom is 0.126 e. The fourth-order valence-corrected chi connectivity index (χ4v) is 2.70. The van der Waals surface area contributed by atoms with Crippen molar-refractivity contribution in [3.05, 3.63) is 56.5 Å². The second kappa shape index (κ2) is 5.17. The molecule has 0 aliphatic rings. The highest BCUT2D eigenvalue weighted by Gasteiger charge is 2.13. The maximum atomic E-state index is 13.5. The van der Waals surface area contributed by atoms with Gasteiger partial charge in [0.05, 0.1) is 6.10 Å². The van der Waals surface area contributed by atoms with Gasteiger partial charge in [0.1, 0.15) is 5.82 Å². The quantitative estimate of drug-likeness (QED) is 0.889. The van der Waals surface area contributed by atoms with Crippen molar-refractivity contribution in [2.24, 2.45) is 0 Å². The van der Waals surface area contributed by atoms with Crippen LogP contribution in [0.3, 0.4) is 0 Å². The first kappa shape index (κ1) is 12.6. The van der Waals surface area contributed by atoms with E-state index in [0.717, 1.165) is 9.75 Å². The molecule has 0 bridgehead atoms. The van der Waals surface area contributed by atoms with Crippen LogP contribution in [-0.4, -0.2) is 5.11 Å². The number of aryl methyl sites for hydroxylation is 1. The Morgan fingerprint density at radius 2 is 2.12 bits per heavy atom. The lowest BCUT2D eigenvalue weighted by Crippen LogP contribution is -2.01. The van der Waals surface area contributed by atoms with Crippen LogP contribution in [0.1, 0.15) is 21.4 Å². The van der Waals surface area contributed by atoms with Crippen molar-refractivity contribution >= 4 is 22.9 Å². The van der Waals surface area contributed by atoms with Gasteiger partial charge in [-0.15, -0.1) is 11.3 Å². The number of aliphatic hydroxyl groups is 1. The summed E-state index contributed by atoms with van der Waals surface area (Å²) in [6.45, 7) is 1.97. The third-order valence-corrected chi connectivity index (χ3v) is 3.85. The predicted octanol–water partition coefficient (Wildman–Crippen LogP) is 4.13. The van der Waals surface area contributed by atoms with E-state index < -0.39 is 6.10 Å². The van der Waals surface area contributed by atoms with Crippen LogP contribution in [-0.2, 0) is 6.42 Å². The molecule has 17 heavy (non-hydrogen) atoms. The molecule has 1 atom stereocenters. The molecule has 0 amide bonds. The summed E-state index contributed by atoms with van der Waals surface area (Å²) in [6, 6.07) is 8.19. The van der Waals surface area contributed by atoms with Crippen molar-refractivity contribution in [3.8, 4) is 0 Å². The lowest BCUT2D eigenvalue weighted by atomic mass is 10.1. The number of aliphatic hydroxyl groups excluding tert-OH is 1. The molecule has 4 heteroatoms. The number of hydrogen-bond donors (Lipinski definition) is 1. The van der Waals surface area contributed by atoms with Crippen molar-refractivity contribution in [2.45, 2.75) is 19.4 Å². The average molecular weight is 271 g/mol. The minimum atomic E-state index is -0.679. The molecule has 1 nitrogen and oxygen atoms in total. The molecule has 0 saturated heterocycles. The molecule has 1 heterocycles. The molecule has 1 aromatic carbocycles. The third-order valence-electron chi connectivity index (χ3n) is 2.51. The van der Waals surface area contributed by atoms with E-state index >= 15 is 0 Å². The van der Waals surface area contributed by atoms with Gasteiger partial charge < -0.3 is 5.11 Å². The Bertz CT molecular complexity index is 524. The Kier molecular flexibility index (Phi) is 3.82. The summed E-state index contributed by atoms with van der Waals surface area (Å²) >= 11 is 7.32. The van der Waals surface area contributed by atoms with Crippen molar-refractivity contribution in [1.82, 2.24) is 0 Å². The zero-order valence-electron chi connectivity index (χ0n) is 9.28. The second-order valence-corrected chi connectivity index (χ2v) is 5.66. The molecule has 0 spiro atoms. The minimum Gasteiger partial charge on any atom is -0.387 e. The Morgan fingerprint density at radius 3 is 2.76 bits per heavy atom. The first-order valence-electron chi connectivity index (χ1n) is 5.24. The lowest BCUT2D eigenvalue weighted by Gasteiger charge is -2.09. The van der Waals surface area contributed by atoms with Gasteiger partial charge in [0, 0.05) is 21.2 Å². The van der Waals surface area contributed by atoms with Gasteiger partial charge in [-0.2, -0.15) is 0 Å². The normalized spacial score (nSPS) is 12.7. The maximum absolute atomic E-state index is 13.5. The molecule has 0 aliphatic carbocycles. The van der Waals surface area contributed by atoms with E-state index in [-0.39, 0.29) is 12.2 Å². The standard InChI is InChI=1S/C13H12ClFOS/c1-8-2-5-13(17-8)12(16)7-9-6-10(14)3-4-11(9)15/h2-6,12,16H,7H2,1H3. The molecule has 0 saturated carbocycles. The molecule has 2 aromatic rings. The van der Waals surface area contributed by atoms with E-state index in [1.807, 2.05) is 19.1 Å². The monoisotopic (exact) mass is 270 g/mol. The van der Waals surface area contributed by atoms with Crippen LogP contribution in [0.2, 0.25) is 5.02 Å². The Hall–Kier alpha value is -0.900. The molecule has 0 radical (unpaired) electrons. The van der Waals surface area contributed by atoms with Crippen molar-refractivity contribution in [1.29, 1.82) is 0 Å². The van der Waals surface area contributed by atoms with Crippen LogP contribution in [0.5, 0.6) is 0 Å². The summed E-state index contributed by atoms with van der Waals surface area (Å²) in [5.41, 5.74) is 0.441. The van der Waals surface area contributed by atoms with Gasteiger partial charge in [0.15, 0.2) is 0 Å². The summed E-state index contributed by atoms with van der Waals surface area (Å²) in [7, 11) is 0. The van der Waals surface area contributed by atoms with Gasteiger partial charge in [-0.1, -0.05) is 11.6 Å². The fourth-order valence-electron chi connectivity index (χ4n) is 1.64. The summed E-state index contributed by atoms with van der Waals surface area (Å²) in [5, 5.41) is 10.5. The highest BCUT2D eigenvalue weighted by Crippen LogP contribution is 2.27. The van der Waals surface area contributed by atoms with Crippen LogP contribution in [0.4, 0.5) is 4.39 Å². The van der Waals surface area contributed by atoms with Gasteiger partial charge in [-0.25, -0.2) is 4.39 Å². The van der Waals surface area contributed by atoms with Gasteiger partial charge in [0.2, 0.25) is 0 Å². The predicted molar refractivity (Wildman–Crippen MR) is 69.1 cm³/mol. The highest BCUT2D eigenvalue weighted by atomic mass is 35.5. The van der Waals surface area contributed by atoms with E-state index in [4.69, 9.17) is 11.6 Å². The first-order chi connectivity index (χ1) is 8.06. The topological polar surface area (TPSA) is 20.2 Å². The molecule has 1 aromatic heterocycles. The van der Waals surface area contributed by atoms with Crippen LogP contribution in [0.15, 0.2) is 30.3 Å². The Balaban J connectivity index is 2.18. The number of benzene rings is 1. The van der Waals surface area contributed by atoms with E-state index in [0.29, 0.717) is 10.6 Å². The van der Waals surface area contributed by atoms with Crippen molar-refractivity contribution in [3.63, 3.8) is 0 Å². The molecule has 0 fully saturated rings. The number of thiophene rings is 1. The van der Waals surface area contributed by atoms with Crippen LogP contribution >= 0.6 is 22.9 Å². The largest absolute Gasteiger partial charge is 0.387 e. The number of halogens is 2. The summed E-state index contributed by atoms with van der Waals surface area (Å²) < 4.78 is 13.5. The molecule has 1 N–H and O–H groups in total. The average Bonchev–Trinajstić information content (AvgIpc) is 2.70. The molecule has 2 rings (SSSR count). The van der Waals surface area contributed by atoms with Gasteiger partial charge in [0.25, 0.3) is 0 Å². The molecule has 1 unspecified atom stereocenters. The molecule has 0 aliphatic heterocycles. The molecule has 90 valence electrons. The first-order valence-corrected chi connectivity index (χ1v) is 6.44. The van der Waals surface area contributed by atoms with Gasteiger partial charge in [-0.3, -0.25) is 0 Å². The number of hydrogen-bond acceptors (Lipinski definition) is 2. The summed E-state index contributed by atoms with van der Waals surface area (Å²) in [6.07, 6.45) is -0.437. The van der Waals surface area contributed by atoms with Crippen LogP contribution in [0.25, 0.3) is 0 Å². The van der Waals surface area contributed by atoms with Gasteiger partial charge >= 0.3 is 0 Å².